The van der Waals surface area contributed by atoms with Crippen LogP contribution in [-0.4, -0.2) is 92.9 Å². The van der Waals surface area contributed by atoms with E-state index in [0.717, 1.165) is 0 Å². The van der Waals surface area contributed by atoms with Gasteiger partial charge in [-0.15, -0.1) is 0 Å². The molecule has 13 heteroatoms. The average Bonchev–Trinajstić information content (AvgIpc) is 2.66. The minimum atomic E-state index is -1.35. The van der Waals surface area contributed by atoms with Crippen LogP contribution in [0, 0.1) is 10.8 Å². The van der Waals surface area contributed by atoms with Crippen molar-refractivity contribution in [2.75, 3.05) is 26.3 Å². The van der Waals surface area contributed by atoms with E-state index in [9.17, 15) is 29.4 Å². The Labute approximate surface area is 193 Å². The van der Waals surface area contributed by atoms with Gasteiger partial charge < -0.3 is 41.3 Å². The molecule has 0 spiro atoms. The molecule has 0 radical (unpaired) electrons. The molecule has 2 atom stereocenters. The number of carboxylic acids is 2. The van der Waals surface area contributed by atoms with Gasteiger partial charge in [-0.25, -0.2) is 0 Å². The first-order valence-corrected chi connectivity index (χ1v) is 9.19. The van der Waals surface area contributed by atoms with E-state index in [1.807, 2.05) is 0 Å². The van der Waals surface area contributed by atoms with Gasteiger partial charge in [0.15, 0.2) is 0 Å². The number of carbonyl (C=O) groups excluding carboxylic acids is 2. The molecule has 178 valence electrons. The SMILES string of the molecule is CC(C)(CO)[C@@H](O)C(=O)NCCC(=O)O.CC(C)(CO)[C@@H](O)C(=O)NCCC(=O)O.[Zn]. The second-order valence-corrected chi connectivity index (χ2v) is 7.97. The number of hydrogen-bond donors (Lipinski definition) is 8. The number of carbonyl (C=O) groups is 4. The van der Waals surface area contributed by atoms with Crippen molar-refractivity contribution in [3.05, 3.63) is 0 Å². The average molecular weight is 504 g/mol. The monoisotopic (exact) mass is 502 g/mol. The molecule has 0 unspecified atom stereocenters. The van der Waals surface area contributed by atoms with E-state index in [0.29, 0.717) is 0 Å². The van der Waals surface area contributed by atoms with Gasteiger partial charge in [-0.05, 0) is 0 Å². The van der Waals surface area contributed by atoms with Crippen LogP contribution in [0.15, 0.2) is 0 Å². The number of aliphatic carboxylic acids is 2. The minimum Gasteiger partial charge on any atom is -0.481 e. The molecule has 0 heterocycles. The molecule has 0 aliphatic heterocycles. The van der Waals surface area contributed by atoms with Crippen LogP contribution < -0.4 is 10.6 Å². The van der Waals surface area contributed by atoms with Crippen LogP contribution in [0.5, 0.6) is 0 Å². The van der Waals surface area contributed by atoms with Crippen LogP contribution in [0.3, 0.4) is 0 Å². The molecular formula is C18H34N2O10Zn. The molecule has 0 aliphatic carbocycles. The van der Waals surface area contributed by atoms with Crippen molar-refractivity contribution in [3.63, 3.8) is 0 Å². The van der Waals surface area contributed by atoms with E-state index >= 15 is 0 Å². The maximum atomic E-state index is 11.3. The third-order valence-electron chi connectivity index (χ3n) is 4.07. The number of aliphatic hydroxyl groups is 4. The second kappa shape index (κ2) is 16.0. The zero-order chi connectivity index (χ0) is 24.1. The van der Waals surface area contributed by atoms with Crippen LogP contribution in [0.2, 0.25) is 0 Å². The zero-order valence-corrected chi connectivity index (χ0v) is 21.4. The van der Waals surface area contributed by atoms with Crippen molar-refractivity contribution in [1.82, 2.24) is 10.6 Å². The van der Waals surface area contributed by atoms with Crippen molar-refractivity contribution >= 4 is 23.8 Å². The summed E-state index contributed by atoms with van der Waals surface area (Å²) in [5.74, 6) is -3.39. The summed E-state index contributed by atoms with van der Waals surface area (Å²) < 4.78 is 0. The second-order valence-electron chi connectivity index (χ2n) is 7.97. The Morgan fingerprint density at radius 2 is 0.968 bits per heavy atom. The summed E-state index contributed by atoms with van der Waals surface area (Å²) in [6, 6.07) is 0. The van der Waals surface area contributed by atoms with E-state index in [-0.39, 0.29) is 58.6 Å². The third-order valence-corrected chi connectivity index (χ3v) is 4.07. The summed E-state index contributed by atoms with van der Waals surface area (Å²) in [4.78, 5) is 42.8. The number of rotatable bonds is 12. The van der Waals surface area contributed by atoms with E-state index in [1.54, 1.807) is 0 Å². The van der Waals surface area contributed by atoms with Gasteiger partial charge in [0.05, 0.1) is 26.1 Å². The van der Waals surface area contributed by atoms with Gasteiger partial charge in [-0.3, -0.25) is 19.2 Å². The zero-order valence-electron chi connectivity index (χ0n) is 18.4. The fourth-order valence-electron chi connectivity index (χ4n) is 1.66. The first-order chi connectivity index (χ1) is 13.6. The van der Waals surface area contributed by atoms with Crippen LogP contribution in [0.25, 0.3) is 0 Å². The first kappa shape index (κ1) is 34.0. The van der Waals surface area contributed by atoms with Crippen molar-refractivity contribution in [2.45, 2.75) is 52.7 Å². The maximum Gasteiger partial charge on any atom is 0.305 e. The number of amides is 2. The molecule has 31 heavy (non-hydrogen) atoms. The molecule has 0 aromatic carbocycles. The van der Waals surface area contributed by atoms with Crippen LogP contribution in [0.4, 0.5) is 0 Å². The molecule has 0 aliphatic rings. The van der Waals surface area contributed by atoms with Gasteiger partial charge in [-0.2, -0.15) is 0 Å². The largest absolute Gasteiger partial charge is 0.481 e. The Kier molecular flexibility index (Phi) is 17.6. The van der Waals surface area contributed by atoms with Crippen molar-refractivity contribution in [1.29, 1.82) is 0 Å². The molecular weight excluding hydrogens is 470 g/mol. The summed E-state index contributed by atoms with van der Waals surface area (Å²) >= 11 is 0. The molecule has 0 aromatic rings. The topological polar surface area (TPSA) is 214 Å². The van der Waals surface area contributed by atoms with Crippen LogP contribution in [0.1, 0.15) is 40.5 Å². The maximum absolute atomic E-state index is 11.3. The van der Waals surface area contributed by atoms with Crippen molar-refractivity contribution in [3.8, 4) is 0 Å². The summed E-state index contributed by atoms with van der Waals surface area (Å²) in [7, 11) is 0. The molecule has 0 aromatic heterocycles. The van der Waals surface area contributed by atoms with Gasteiger partial charge in [0, 0.05) is 43.4 Å². The molecule has 0 fully saturated rings. The molecule has 2 amide bonds. The molecule has 0 bridgehead atoms. The van der Waals surface area contributed by atoms with Gasteiger partial charge in [0.25, 0.3) is 0 Å². The molecule has 0 saturated heterocycles. The van der Waals surface area contributed by atoms with E-state index in [4.69, 9.17) is 20.4 Å². The summed E-state index contributed by atoms with van der Waals surface area (Å²) in [6.45, 7) is 5.41. The molecule has 12 nitrogen and oxygen atoms in total. The van der Waals surface area contributed by atoms with Crippen molar-refractivity contribution in [2.24, 2.45) is 10.8 Å². The fourth-order valence-corrected chi connectivity index (χ4v) is 1.66. The van der Waals surface area contributed by atoms with E-state index < -0.39 is 46.8 Å². The fraction of sp³-hybridized carbons (Fsp3) is 0.778. The van der Waals surface area contributed by atoms with Gasteiger partial charge >= 0.3 is 11.9 Å². The Morgan fingerprint density at radius 1 is 0.710 bits per heavy atom. The first-order valence-electron chi connectivity index (χ1n) is 9.19. The number of hydrogen-bond acceptors (Lipinski definition) is 8. The van der Waals surface area contributed by atoms with Crippen LogP contribution >= 0.6 is 0 Å². The number of nitrogens with one attached hydrogen (secondary N) is 2. The van der Waals surface area contributed by atoms with Crippen LogP contribution in [-0.2, 0) is 38.7 Å². The van der Waals surface area contributed by atoms with Gasteiger partial charge in [-0.1, -0.05) is 27.7 Å². The standard InChI is InChI=1S/2C9H17NO5.Zn/c2*1-9(2,5-11)7(14)8(15)10-4-3-6(12)13;/h2*7,11,14H,3-5H2,1-2H3,(H,10,15)(H,12,13);/t2*7-;/m00./s1. The van der Waals surface area contributed by atoms with E-state index in [1.165, 1.54) is 27.7 Å². The Balaban J connectivity index is -0.000000490. The summed E-state index contributed by atoms with van der Waals surface area (Å²) in [6.07, 6.45) is -3.09. The Hall–Kier alpha value is -1.66. The summed E-state index contributed by atoms with van der Waals surface area (Å²) in [5.41, 5.74) is -1.87. The molecule has 8 N–H and O–H groups in total. The quantitative estimate of drug-likeness (QED) is 0.136. The van der Waals surface area contributed by atoms with Crippen molar-refractivity contribution < 1.29 is 69.3 Å². The predicted molar refractivity (Wildman–Crippen MR) is 104 cm³/mol. The van der Waals surface area contributed by atoms with E-state index in [2.05, 4.69) is 10.6 Å². The predicted octanol–water partition coefficient (Wildman–Crippen LogP) is -2.09. The Morgan fingerprint density at radius 3 is 1.16 bits per heavy atom. The smallest absolute Gasteiger partial charge is 0.305 e. The van der Waals surface area contributed by atoms with Gasteiger partial charge in [0.2, 0.25) is 11.8 Å². The normalized spacial score (nSPS) is 12.9. The minimum absolute atomic E-state index is 0. The van der Waals surface area contributed by atoms with Gasteiger partial charge in [0.1, 0.15) is 12.2 Å². The summed E-state index contributed by atoms with van der Waals surface area (Å²) in [5, 5.41) is 57.9. The number of carboxylic acid groups (broad SMARTS) is 2. The molecule has 0 saturated carbocycles. The Bertz CT molecular complexity index is 534. The molecule has 0 rings (SSSR count). The number of aliphatic hydroxyl groups excluding tert-OH is 4. The third kappa shape index (κ3) is 14.9.